The summed E-state index contributed by atoms with van der Waals surface area (Å²) in [6, 6.07) is 6.56. The van der Waals surface area contributed by atoms with E-state index in [1.54, 1.807) is 12.2 Å². The van der Waals surface area contributed by atoms with Crippen LogP contribution in [0.4, 0.5) is 0 Å². The number of ether oxygens (including phenoxy) is 1. The van der Waals surface area contributed by atoms with Crippen LogP contribution >= 0.6 is 11.6 Å². The fourth-order valence-corrected chi connectivity index (χ4v) is 4.24. The highest BCUT2D eigenvalue weighted by molar-refractivity contribution is 6.21. The lowest BCUT2D eigenvalue weighted by Gasteiger charge is -2.42. The van der Waals surface area contributed by atoms with E-state index < -0.39 is 5.50 Å². The van der Waals surface area contributed by atoms with Gasteiger partial charge in [0.25, 0.3) is 0 Å². The number of hydrogen-bond donors (Lipinski definition) is 0. The average molecular weight is 412 g/mol. The van der Waals surface area contributed by atoms with Crippen LogP contribution < -0.4 is 0 Å². The molecule has 0 heterocycles. The van der Waals surface area contributed by atoms with Crippen molar-refractivity contribution >= 4 is 23.3 Å². The van der Waals surface area contributed by atoms with E-state index in [1.807, 2.05) is 12.2 Å². The van der Waals surface area contributed by atoms with Crippen molar-refractivity contribution in [2.75, 3.05) is 6.61 Å². The van der Waals surface area contributed by atoms with Gasteiger partial charge in [0.1, 0.15) is 12.1 Å². The molecular formula is C25H30ClNO2. The molecule has 0 saturated carbocycles. The molecule has 29 heavy (non-hydrogen) atoms. The number of esters is 1. The molecule has 1 unspecified atom stereocenters. The lowest BCUT2D eigenvalue weighted by Crippen LogP contribution is -2.33. The normalized spacial score (nSPS) is 21.8. The summed E-state index contributed by atoms with van der Waals surface area (Å²) in [6.45, 7) is 13.0. The Morgan fingerprint density at radius 3 is 2.52 bits per heavy atom. The van der Waals surface area contributed by atoms with Gasteiger partial charge >= 0.3 is 5.97 Å². The number of nitrogens with zero attached hydrogens (tertiary/aromatic N) is 1. The Morgan fingerprint density at radius 2 is 1.90 bits per heavy atom. The summed E-state index contributed by atoms with van der Waals surface area (Å²) in [5.41, 5.74) is 5.06. The standard InChI is InChI=1S/C25H30ClNO2/c1-6-15-29-23(28)17-7-10-19(11-8-17)27-22(26)18-9-12-20-21(16-18)25(4,5)14-13-24(20,2)3/h6-10,12,16,22H,1,11,13-15H2,2-5H3. The van der Waals surface area contributed by atoms with Crippen molar-refractivity contribution in [3.05, 3.63) is 71.3 Å². The van der Waals surface area contributed by atoms with Crippen LogP contribution in [0.1, 0.15) is 69.1 Å². The zero-order chi connectivity index (χ0) is 21.2. The van der Waals surface area contributed by atoms with E-state index in [0.717, 1.165) is 17.7 Å². The maximum absolute atomic E-state index is 11.9. The molecule has 3 rings (SSSR count). The van der Waals surface area contributed by atoms with Gasteiger partial charge in [-0.25, -0.2) is 4.79 Å². The quantitative estimate of drug-likeness (QED) is 0.246. The first kappa shape index (κ1) is 21.6. The highest BCUT2D eigenvalue weighted by atomic mass is 35.5. The van der Waals surface area contributed by atoms with E-state index >= 15 is 0 Å². The molecule has 0 aromatic heterocycles. The monoisotopic (exact) mass is 411 g/mol. The summed E-state index contributed by atoms with van der Waals surface area (Å²) in [6.07, 6.45) is 9.86. The Kier molecular flexibility index (Phi) is 6.19. The number of benzene rings is 1. The minimum Gasteiger partial charge on any atom is -0.458 e. The third kappa shape index (κ3) is 4.72. The molecule has 0 fully saturated rings. The summed E-state index contributed by atoms with van der Waals surface area (Å²) in [5, 5.41) is 0. The number of alkyl halides is 1. The number of halogens is 1. The Morgan fingerprint density at radius 1 is 1.21 bits per heavy atom. The zero-order valence-electron chi connectivity index (χ0n) is 17.8. The van der Waals surface area contributed by atoms with Gasteiger partial charge in [-0.2, -0.15) is 0 Å². The van der Waals surface area contributed by atoms with Crippen molar-refractivity contribution in [3.63, 3.8) is 0 Å². The Labute approximate surface area is 179 Å². The van der Waals surface area contributed by atoms with E-state index in [9.17, 15) is 4.79 Å². The molecule has 0 N–H and O–H groups in total. The van der Waals surface area contributed by atoms with Crippen LogP contribution in [0.15, 0.2) is 59.6 Å². The Balaban J connectivity index is 1.78. The van der Waals surface area contributed by atoms with Crippen LogP contribution in [0.2, 0.25) is 0 Å². The van der Waals surface area contributed by atoms with Gasteiger partial charge in [-0.3, -0.25) is 4.99 Å². The van der Waals surface area contributed by atoms with Crippen LogP contribution in [-0.2, 0) is 20.4 Å². The second-order valence-electron chi connectivity index (χ2n) is 9.11. The van der Waals surface area contributed by atoms with Gasteiger partial charge in [0.15, 0.2) is 0 Å². The molecule has 4 heteroatoms. The third-order valence-corrected chi connectivity index (χ3v) is 6.34. The maximum atomic E-state index is 11.9. The SMILES string of the molecule is C=CCOC(=O)C1=CCC(=NC(Cl)c2ccc3c(c2)C(C)(C)CCC3(C)C)C=C1. The molecule has 0 aliphatic heterocycles. The Bertz CT molecular complexity index is 905. The number of fused-ring (bicyclic) bond motifs is 1. The maximum Gasteiger partial charge on any atom is 0.338 e. The molecule has 1 atom stereocenters. The molecule has 2 aliphatic rings. The van der Waals surface area contributed by atoms with Gasteiger partial charge in [0, 0.05) is 12.1 Å². The fourth-order valence-electron chi connectivity index (χ4n) is 3.98. The molecule has 0 saturated heterocycles. The highest BCUT2D eigenvalue weighted by Gasteiger charge is 2.37. The average Bonchev–Trinajstić information content (AvgIpc) is 2.70. The molecule has 3 nitrogen and oxygen atoms in total. The van der Waals surface area contributed by atoms with E-state index in [2.05, 4.69) is 57.5 Å². The van der Waals surface area contributed by atoms with Crippen LogP contribution in [0, 0.1) is 0 Å². The largest absolute Gasteiger partial charge is 0.458 e. The fraction of sp³-hybridized carbons (Fsp3) is 0.440. The van der Waals surface area contributed by atoms with Crippen LogP contribution in [0.5, 0.6) is 0 Å². The molecular weight excluding hydrogens is 382 g/mol. The van der Waals surface area contributed by atoms with Crippen molar-refractivity contribution in [1.29, 1.82) is 0 Å². The summed E-state index contributed by atoms with van der Waals surface area (Å²) in [4.78, 5) is 16.6. The predicted molar refractivity (Wildman–Crippen MR) is 121 cm³/mol. The first-order chi connectivity index (χ1) is 13.6. The van der Waals surface area contributed by atoms with Gasteiger partial charge in [-0.05, 0) is 52.5 Å². The first-order valence-corrected chi connectivity index (χ1v) is 10.6. The van der Waals surface area contributed by atoms with Crippen molar-refractivity contribution in [1.82, 2.24) is 0 Å². The predicted octanol–water partition coefficient (Wildman–Crippen LogP) is 6.33. The summed E-state index contributed by atoms with van der Waals surface area (Å²) in [5.74, 6) is -0.345. The first-order valence-electron chi connectivity index (χ1n) is 10.2. The number of rotatable bonds is 5. The lowest BCUT2D eigenvalue weighted by atomic mass is 9.63. The van der Waals surface area contributed by atoms with Gasteiger partial charge in [0.2, 0.25) is 0 Å². The van der Waals surface area contributed by atoms with E-state index in [1.165, 1.54) is 17.5 Å². The molecule has 154 valence electrons. The number of allylic oxidation sites excluding steroid dienone is 2. The zero-order valence-corrected chi connectivity index (χ0v) is 18.6. The van der Waals surface area contributed by atoms with Gasteiger partial charge < -0.3 is 4.74 Å². The summed E-state index contributed by atoms with van der Waals surface area (Å²) in [7, 11) is 0. The summed E-state index contributed by atoms with van der Waals surface area (Å²) >= 11 is 6.67. The molecule has 0 spiro atoms. The third-order valence-electron chi connectivity index (χ3n) is 5.99. The highest BCUT2D eigenvalue weighted by Crippen LogP contribution is 2.46. The van der Waals surface area contributed by atoms with Crippen molar-refractivity contribution in [2.24, 2.45) is 4.99 Å². The second kappa shape index (κ2) is 8.31. The van der Waals surface area contributed by atoms with Gasteiger partial charge in [-0.1, -0.05) is 76.2 Å². The number of aliphatic imine (C=N–C) groups is 1. The summed E-state index contributed by atoms with van der Waals surface area (Å²) < 4.78 is 5.06. The van der Waals surface area contributed by atoms with E-state index in [4.69, 9.17) is 16.3 Å². The minimum atomic E-state index is -0.455. The number of carbonyl (C=O) groups excluding carboxylic acids is 1. The second-order valence-corrected chi connectivity index (χ2v) is 9.53. The minimum absolute atomic E-state index is 0.138. The smallest absolute Gasteiger partial charge is 0.338 e. The Hall–Kier alpha value is -2.13. The van der Waals surface area contributed by atoms with Crippen LogP contribution in [0.25, 0.3) is 0 Å². The van der Waals surface area contributed by atoms with Crippen LogP contribution in [0.3, 0.4) is 0 Å². The van der Waals surface area contributed by atoms with Gasteiger partial charge in [-0.15, -0.1) is 0 Å². The van der Waals surface area contributed by atoms with E-state index in [0.29, 0.717) is 12.0 Å². The number of carbonyl (C=O) groups is 1. The molecule has 0 amide bonds. The molecule has 1 aromatic rings. The molecule has 0 radical (unpaired) electrons. The van der Waals surface area contributed by atoms with Crippen LogP contribution in [-0.4, -0.2) is 18.3 Å². The topological polar surface area (TPSA) is 38.7 Å². The van der Waals surface area contributed by atoms with Crippen molar-refractivity contribution in [2.45, 2.75) is 63.3 Å². The van der Waals surface area contributed by atoms with Crippen molar-refractivity contribution < 1.29 is 9.53 Å². The van der Waals surface area contributed by atoms with E-state index in [-0.39, 0.29) is 23.4 Å². The molecule has 2 aliphatic carbocycles. The van der Waals surface area contributed by atoms with Gasteiger partial charge in [0.05, 0.1) is 5.57 Å². The number of hydrogen-bond acceptors (Lipinski definition) is 3. The lowest BCUT2D eigenvalue weighted by molar-refractivity contribution is -0.137. The molecule has 1 aromatic carbocycles. The molecule has 0 bridgehead atoms. The van der Waals surface area contributed by atoms with Crippen molar-refractivity contribution in [3.8, 4) is 0 Å².